The average Bonchev–Trinajstić information content (AvgIpc) is 2.97. The minimum absolute atomic E-state index is 0.178. The van der Waals surface area contributed by atoms with Crippen LogP contribution in [-0.4, -0.2) is 18.0 Å². The molecule has 5 heteroatoms. The quantitative estimate of drug-likeness (QED) is 0.719. The summed E-state index contributed by atoms with van der Waals surface area (Å²) in [4.78, 5) is 18.1. The molecule has 0 spiro atoms. The zero-order chi connectivity index (χ0) is 18.0. The van der Waals surface area contributed by atoms with E-state index >= 15 is 0 Å². The average molecular weight is 352 g/mol. The van der Waals surface area contributed by atoms with Crippen LogP contribution in [0.4, 0.5) is 5.13 Å². The summed E-state index contributed by atoms with van der Waals surface area (Å²) in [5, 5.41) is 3.48. The first-order chi connectivity index (χ1) is 12.0. The number of carbonyl (C=O) groups is 1. The Balaban J connectivity index is 1.81. The van der Waals surface area contributed by atoms with Gasteiger partial charge in [-0.1, -0.05) is 12.1 Å². The van der Waals surface area contributed by atoms with Crippen molar-refractivity contribution in [2.75, 3.05) is 12.4 Å². The molecule has 1 aromatic heterocycles. The van der Waals surface area contributed by atoms with Crippen LogP contribution in [0.1, 0.15) is 26.4 Å². The molecule has 3 rings (SSSR count). The number of hydrogen-bond acceptors (Lipinski definition) is 4. The van der Waals surface area contributed by atoms with Gasteiger partial charge in [-0.05, 0) is 62.2 Å². The van der Waals surface area contributed by atoms with E-state index in [9.17, 15) is 4.79 Å². The normalized spacial score (nSPS) is 10.6. The standard InChI is InChI=1S/C20H20N2O2S/c1-12-5-6-16(11-13(12)2)18-14(3)25-20(21-18)22-19(23)15-7-9-17(24-4)10-8-15/h5-11H,1-4H3,(H,21,22,23). The lowest BCUT2D eigenvalue weighted by atomic mass is 10.0. The Bertz CT molecular complexity index is 914. The maximum Gasteiger partial charge on any atom is 0.257 e. The van der Waals surface area contributed by atoms with E-state index in [4.69, 9.17) is 4.74 Å². The summed E-state index contributed by atoms with van der Waals surface area (Å²) in [6.07, 6.45) is 0. The van der Waals surface area contributed by atoms with E-state index in [1.165, 1.54) is 22.5 Å². The zero-order valence-electron chi connectivity index (χ0n) is 14.7. The highest BCUT2D eigenvalue weighted by atomic mass is 32.1. The van der Waals surface area contributed by atoms with Crippen molar-refractivity contribution in [2.24, 2.45) is 0 Å². The van der Waals surface area contributed by atoms with Crippen LogP contribution in [0.5, 0.6) is 5.75 Å². The summed E-state index contributed by atoms with van der Waals surface area (Å²) in [6.45, 7) is 6.20. The second-order valence-corrected chi connectivity index (χ2v) is 7.11. The van der Waals surface area contributed by atoms with E-state index in [-0.39, 0.29) is 5.91 Å². The Labute approximate surface area is 151 Å². The summed E-state index contributed by atoms with van der Waals surface area (Å²) >= 11 is 1.48. The minimum Gasteiger partial charge on any atom is -0.497 e. The third kappa shape index (κ3) is 3.72. The smallest absolute Gasteiger partial charge is 0.257 e. The molecule has 2 aromatic carbocycles. The molecule has 1 amide bonds. The molecular formula is C20H20N2O2S. The fourth-order valence-corrected chi connectivity index (χ4v) is 3.35. The third-order valence-electron chi connectivity index (χ3n) is 4.15. The van der Waals surface area contributed by atoms with Crippen LogP contribution in [0.3, 0.4) is 0 Å². The maximum atomic E-state index is 12.4. The molecule has 1 N–H and O–H groups in total. The Kier molecular flexibility index (Phi) is 4.86. The Morgan fingerprint density at radius 2 is 1.76 bits per heavy atom. The van der Waals surface area contributed by atoms with Crippen LogP contribution < -0.4 is 10.1 Å². The van der Waals surface area contributed by atoms with Crippen molar-refractivity contribution in [3.63, 3.8) is 0 Å². The Morgan fingerprint density at radius 1 is 1.04 bits per heavy atom. The van der Waals surface area contributed by atoms with Gasteiger partial charge in [-0.3, -0.25) is 10.1 Å². The van der Waals surface area contributed by atoms with Crippen LogP contribution in [0.25, 0.3) is 11.3 Å². The van der Waals surface area contributed by atoms with Gasteiger partial charge in [0, 0.05) is 16.0 Å². The van der Waals surface area contributed by atoms with Crippen LogP contribution >= 0.6 is 11.3 Å². The number of amides is 1. The van der Waals surface area contributed by atoms with Crippen molar-refractivity contribution in [3.05, 3.63) is 64.0 Å². The predicted molar refractivity (Wildman–Crippen MR) is 103 cm³/mol. The number of methoxy groups -OCH3 is 1. The van der Waals surface area contributed by atoms with Crippen LogP contribution in [0.2, 0.25) is 0 Å². The molecule has 0 saturated heterocycles. The SMILES string of the molecule is COc1ccc(C(=O)Nc2nc(-c3ccc(C)c(C)c3)c(C)s2)cc1. The van der Waals surface area contributed by atoms with E-state index < -0.39 is 0 Å². The van der Waals surface area contributed by atoms with E-state index in [1.54, 1.807) is 31.4 Å². The third-order valence-corrected chi connectivity index (χ3v) is 5.04. The van der Waals surface area contributed by atoms with Gasteiger partial charge in [0.25, 0.3) is 5.91 Å². The first kappa shape index (κ1) is 17.2. The molecule has 0 aliphatic heterocycles. The predicted octanol–water partition coefficient (Wildman–Crippen LogP) is 5.00. The lowest BCUT2D eigenvalue weighted by Crippen LogP contribution is -2.11. The molecule has 0 fully saturated rings. The molecule has 0 aliphatic carbocycles. The molecule has 0 aliphatic rings. The summed E-state index contributed by atoms with van der Waals surface area (Å²) < 4.78 is 5.11. The van der Waals surface area contributed by atoms with E-state index in [2.05, 4.69) is 42.3 Å². The maximum absolute atomic E-state index is 12.4. The second kappa shape index (κ2) is 7.07. The van der Waals surface area contributed by atoms with Gasteiger partial charge in [0.1, 0.15) is 5.75 Å². The van der Waals surface area contributed by atoms with Gasteiger partial charge in [0.2, 0.25) is 0 Å². The van der Waals surface area contributed by atoms with Crippen molar-refractivity contribution in [1.82, 2.24) is 4.98 Å². The van der Waals surface area contributed by atoms with Gasteiger partial charge in [-0.25, -0.2) is 4.98 Å². The number of benzene rings is 2. The lowest BCUT2D eigenvalue weighted by molar-refractivity contribution is 0.102. The fraction of sp³-hybridized carbons (Fsp3) is 0.200. The van der Waals surface area contributed by atoms with E-state index in [1.807, 2.05) is 6.92 Å². The number of aromatic nitrogens is 1. The number of thiazole rings is 1. The van der Waals surface area contributed by atoms with E-state index in [0.717, 1.165) is 21.9 Å². The topological polar surface area (TPSA) is 51.2 Å². The number of carbonyl (C=O) groups excluding carboxylic acids is 1. The van der Waals surface area contributed by atoms with Gasteiger partial charge in [-0.2, -0.15) is 0 Å². The Morgan fingerprint density at radius 3 is 2.40 bits per heavy atom. The van der Waals surface area contributed by atoms with Crippen LogP contribution in [0, 0.1) is 20.8 Å². The number of nitrogens with zero attached hydrogens (tertiary/aromatic N) is 1. The first-order valence-corrected chi connectivity index (χ1v) is 8.80. The van der Waals surface area contributed by atoms with Gasteiger partial charge in [0.05, 0.1) is 12.8 Å². The molecule has 4 nitrogen and oxygen atoms in total. The highest BCUT2D eigenvalue weighted by Gasteiger charge is 2.13. The summed E-state index contributed by atoms with van der Waals surface area (Å²) in [5.74, 6) is 0.543. The number of anilines is 1. The molecule has 0 bridgehead atoms. The number of aryl methyl sites for hydroxylation is 3. The molecule has 0 unspecified atom stereocenters. The van der Waals surface area contributed by atoms with Crippen molar-refractivity contribution < 1.29 is 9.53 Å². The first-order valence-electron chi connectivity index (χ1n) is 7.98. The van der Waals surface area contributed by atoms with Gasteiger partial charge >= 0.3 is 0 Å². The van der Waals surface area contributed by atoms with Crippen molar-refractivity contribution >= 4 is 22.4 Å². The van der Waals surface area contributed by atoms with Crippen LogP contribution in [-0.2, 0) is 0 Å². The molecule has 128 valence electrons. The van der Waals surface area contributed by atoms with Gasteiger partial charge in [0.15, 0.2) is 5.13 Å². The highest BCUT2D eigenvalue weighted by molar-refractivity contribution is 7.16. The number of rotatable bonds is 4. The number of hydrogen-bond donors (Lipinski definition) is 1. The molecule has 1 heterocycles. The summed E-state index contributed by atoms with van der Waals surface area (Å²) in [7, 11) is 1.60. The van der Waals surface area contributed by atoms with Crippen molar-refractivity contribution in [1.29, 1.82) is 0 Å². The number of ether oxygens (including phenoxy) is 1. The molecular weight excluding hydrogens is 332 g/mol. The largest absolute Gasteiger partial charge is 0.497 e. The van der Waals surface area contributed by atoms with Crippen molar-refractivity contribution in [2.45, 2.75) is 20.8 Å². The van der Waals surface area contributed by atoms with E-state index in [0.29, 0.717) is 10.7 Å². The van der Waals surface area contributed by atoms with Crippen molar-refractivity contribution in [3.8, 4) is 17.0 Å². The van der Waals surface area contributed by atoms with Gasteiger partial charge in [-0.15, -0.1) is 11.3 Å². The number of nitrogens with one attached hydrogen (secondary N) is 1. The van der Waals surface area contributed by atoms with Crippen LogP contribution in [0.15, 0.2) is 42.5 Å². The summed E-state index contributed by atoms with van der Waals surface area (Å²) in [5.41, 5.74) is 5.04. The summed E-state index contributed by atoms with van der Waals surface area (Å²) in [6, 6.07) is 13.3. The second-order valence-electron chi connectivity index (χ2n) is 5.91. The highest BCUT2D eigenvalue weighted by Crippen LogP contribution is 2.31. The minimum atomic E-state index is -0.178. The fourth-order valence-electron chi connectivity index (χ4n) is 2.52. The molecule has 0 radical (unpaired) electrons. The monoisotopic (exact) mass is 352 g/mol. The molecule has 25 heavy (non-hydrogen) atoms. The molecule has 0 atom stereocenters. The Hall–Kier alpha value is -2.66. The molecule has 0 saturated carbocycles. The molecule has 3 aromatic rings. The lowest BCUT2D eigenvalue weighted by Gasteiger charge is -2.04. The zero-order valence-corrected chi connectivity index (χ0v) is 15.5. The van der Waals surface area contributed by atoms with Gasteiger partial charge < -0.3 is 4.74 Å².